The number of amides is 1. The fourth-order valence-electron chi connectivity index (χ4n) is 1.63. The minimum atomic E-state index is -0.221. The van der Waals surface area contributed by atoms with E-state index in [1.54, 1.807) is 0 Å². The minimum absolute atomic E-state index is 0.105. The number of phenols is 1. The van der Waals surface area contributed by atoms with Crippen molar-refractivity contribution in [2.45, 2.75) is 11.8 Å². The van der Waals surface area contributed by atoms with Gasteiger partial charge in [-0.15, -0.1) is 11.6 Å². The van der Waals surface area contributed by atoms with Gasteiger partial charge in [-0.05, 0) is 6.07 Å². The Balaban J connectivity index is 2.41. The molecule has 0 spiro atoms. The number of benzene rings is 1. The van der Waals surface area contributed by atoms with Crippen LogP contribution in [0.3, 0.4) is 0 Å². The van der Waals surface area contributed by atoms with Crippen molar-refractivity contribution in [1.82, 2.24) is 0 Å². The summed E-state index contributed by atoms with van der Waals surface area (Å²) in [7, 11) is 0. The molecule has 3 nitrogen and oxygen atoms in total. The Morgan fingerprint density at radius 3 is 2.56 bits per heavy atom. The first-order valence-corrected chi connectivity index (χ1v) is 5.80. The molecule has 1 fully saturated rings. The Bertz CT molecular complexity index is 450. The van der Waals surface area contributed by atoms with Gasteiger partial charge in [-0.3, -0.25) is 4.79 Å². The average Bonchev–Trinajstić information content (AvgIpc) is 2.51. The van der Waals surface area contributed by atoms with E-state index < -0.39 is 0 Å². The molecular weight excluding hydrogens is 272 g/mol. The van der Waals surface area contributed by atoms with Gasteiger partial charge < -0.3 is 10.0 Å². The molecule has 0 radical (unpaired) electrons. The molecule has 1 atom stereocenters. The highest BCUT2D eigenvalue weighted by Gasteiger charge is 2.30. The van der Waals surface area contributed by atoms with Crippen molar-refractivity contribution in [2.75, 3.05) is 11.4 Å². The van der Waals surface area contributed by atoms with Crippen LogP contribution in [-0.2, 0) is 4.79 Å². The first-order chi connectivity index (χ1) is 7.49. The summed E-state index contributed by atoms with van der Waals surface area (Å²) in [6.45, 7) is 0.390. The molecule has 16 heavy (non-hydrogen) atoms. The maximum Gasteiger partial charge on any atom is 0.228 e. The molecule has 1 saturated heterocycles. The fraction of sp³-hybridized carbons (Fsp3) is 0.300. The molecule has 0 aromatic heterocycles. The quantitative estimate of drug-likeness (QED) is 0.803. The topological polar surface area (TPSA) is 40.5 Å². The van der Waals surface area contributed by atoms with Crippen LogP contribution < -0.4 is 4.90 Å². The predicted octanol–water partition coefficient (Wildman–Crippen LogP) is 3.04. The maximum absolute atomic E-state index is 11.6. The smallest absolute Gasteiger partial charge is 0.228 e. The van der Waals surface area contributed by atoms with E-state index in [-0.39, 0.29) is 28.5 Å². The van der Waals surface area contributed by atoms with Crippen LogP contribution in [0.4, 0.5) is 5.69 Å². The van der Waals surface area contributed by atoms with Gasteiger partial charge >= 0.3 is 0 Å². The van der Waals surface area contributed by atoms with Crippen LogP contribution in [0.15, 0.2) is 12.1 Å². The lowest BCUT2D eigenvalue weighted by molar-refractivity contribution is -0.117. The molecule has 1 N–H and O–H groups in total. The minimum Gasteiger partial charge on any atom is -0.506 e. The van der Waals surface area contributed by atoms with Gasteiger partial charge in [-0.1, -0.05) is 23.2 Å². The third kappa shape index (κ3) is 2.08. The lowest BCUT2D eigenvalue weighted by Gasteiger charge is -2.18. The number of alkyl halides is 1. The van der Waals surface area contributed by atoms with Gasteiger partial charge in [-0.2, -0.15) is 0 Å². The van der Waals surface area contributed by atoms with Gasteiger partial charge in [0, 0.05) is 19.0 Å². The Kier molecular flexibility index (Phi) is 3.19. The van der Waals surface area contributed by atoms with Crippen molar-refractivity contribution in [3.05, 3.63) is 22.2 Å². The number of hydrogen-bond donors (Lipinski definition) is 1. The standard InChI is InChI=1S/C10H8Cl3NO2/c11-5-1-10(16)14(4-5)8-3-9(15)7(13)2-6(8)12/h2-3,5,15H,1,4H2. The molecule has 1 aromatic carbocycles. The Morgan fingerprint density at radius 1 is 1.31 bits per heavy atom. The number of carbonyl (C=O) groups excluding carboxylic acids is 1. The average molecular weight is 281 g/mol. The third-order valence-electron chi connectivity index (χ3n) is 2.38. The van der Waals surface area contributed by atoms with Gasteiger partial charge in [0.2, 0.25) is 5.91 Å². The molecule has 1 aliphatic heterocycles. The van der Waals surface area contributed by atoms with Crippen molar-refractivity contribution >= 4 is 46.4 Å². The number of phenolic OH excluding ortho intramolecular Hbond substituents is 1. The zero-order chi connectivity index (χ0) is 11.9. The number of nitrogens with zero attached hydrogens (tertiary/aromatic N) is 1. The van der Waals surface area contributed by atoms with Crippen LogP contribution in [0.1, 0.15) is 6.42 Å². The Labute approximate surface area is 108 Å². The summed E-state index contributed by atoms with van der Waals surface area (Å²) in [5, 5.41) is 9.73. The van der Waals surface area contributed by atoms with E-state index in [1.807, 2.05) is 0 Å². The Morgan fingerprint density at radius 2 is 2.00 bits per heavy atom. The Hall–Kier alpha value is -0.640. The van der Waals surface area contributed by atoms with Gasteiger partial charge in [-0.25, -0.2) is 0 Å². The van der Waals surface area contributed by atoms with Crippen LogP contribution in [0.5, 0.6) is 5.75 Å². The zero-order valence-electron chi connectivity index (χ0n) is 8.08. The number of rotatable bonds is 1. The summed E-state index contributed by atoms with van der Waals surface area (Å²) in [6.07, 6.45) is 0.279. The highest BCUT2D eigenvalue weighted by atomic mass is 35.5. The summed E-state index contributed by atoms with van der Waals surface area (Å²) in [6, 6.07) is 2.78. The molecule has 6 heteroatoms. The molecule has 0 saturated carbocycles. The van der Waals surface area contributed by atoms with Crippen molar-refractivity contribution in [2.24, 2.45) is 0 Å². The van der Waals surface area contributed by atoms with Crippen molar-refractivity contribution in [3.63, 3.8) is 0 Å². The molecule has 2 rings (SSSR count). The van der Waals surface area contributed by atoms with E-state index in [2.05, 4.69) is 0 Å². The summed E-state index contributed by atoms with van der Waals surface area (Å²) in [5.41, 5.74) is 0.441. The van der Waals surface area contributed by atoms with Gasteiger partial charge in [0.25, 0.3) is 0 Å². The second kappa shape index (κ2) is 4.32. The predicted molar refractivity (Wildman–Crippen MR) is 64.7 cm³/mol. The SMILES string of the molecule is O=C1CC(Cl)CN1c1cc(O)c(Cl)cc1Cl. The lowest BCUT2D eigenvalue weighted by Crippen LogP contribution is -2.24. The van der Waals surface area contributed by atoms with E-state index >= 15 is 0 Å². The van der Waals surface area contributed by atoms with E-state index in [0.29, 0.717) is 17.3 Å². The number of hydrogen-bond acceptors (Lipinski definition) is 2. The molecule has 0 bridgehead atoms. The zero-order valence-corrected chi connectivity index (χ0v) is 10.4. The maximum atomic E-state index is 11.6. The van der Waals surface area contributed by atoms with Crippen molar-refractivity contribution in [3.8, 4) is 5.75 Å². The summed E-state index contributed by atoms with van der Waals surface area (Å²) in [5.74, 6) is -0.212. The molecular formula is C10H8Cl3NO2. The highest BCUT2D eigenvalue weighted by molar-refractivity contribution is 6.37. The molecule has 1 unspecified atom stereocenters. The van der Waals surface area contributed by atoms with Crippen LogP contribution in [0, 0.1) is 0 Å². The number of carbonyl (C=O) groups is 1. The lowest BCUT2D eigenvalue weighted by atomic mass is 10.2. The van der Waals surface area contributed by atoms with Crippen LogP contribution in [-0.4, -0.2) is 22.9 Å². The number of halogens is 3. The van der Waals surface area contributed by atoms with E-state index in [1.165, 1.54) is 17.0 Å². The monoisotopic (exact) mass is 279 g/mol. The fourth-order valence-corrected chi connectivity index (χ4v) is 2.39. The number of anilines is 1. The molecule has 1 aliphatic rings. The van der Waals surface area contributed by atoms with E-state index in [4.69, 9.17) is 34.8 Å². The largest absolute Gasteiger partial charge is 0.506 e. The summed E-state index contributed by atoms with van der Waals surface area (Å²) >= 11 is 17.5. The van der Waals surface area contributed by atoms with Crippen LogP contribution >= 0.6 is 34.8 Å². The summed E-state index contributed by atoms with van der Waals surface area (Å²) < 4.78 is 0. The van der Waals surface area contributed by atoms with Crippen molar-refractivity contribution < 1.29 is 9.90 Å². The van der Waals surface area contributed by atoms with Crippen LogP contribution in [0.25, 0.3) is 0 Å². The highest BCUT2D eigenvalue weighted by Crippen LogP contribution is 2.37. The normalized spacial score (nSPS) is 20.6. The van der Waals surface area contributed by atoms with Crippen molar-refractivity contribution in [1.29, 1.82) is 0 Å². The van der Waals surface area contributed by atoms with E-state index in [9.17, 15) is 9.90 Å². The molecule has 1 aromatic rings. The van der Waals surface area contributed by atoms with Gasteiger partial charge in [0.15, 0.2) is 0 Å². The molecule has 0 aliphatic carbocycles. The number of aromatic hydroxyl groups is 1. The first-order valence-electron chi connectivity index (χ1n) is 4.61. The van der Waals surface area contributed by atoms with Gasteiger partial charge in [0.05, 0.1) is 21.1 Å². The van der Waals surface area contributed by atoms with Crippen LogP contribution in [0.2, 0.25) is 10.0 Å². The van der Waals surface area contributed by atoms with Gasteiger partial charge in [0.1, 0.15) is 5.75 Å². The summed E-state index contributed by atoms with van der Waals surface area (Å²) in [4.78, 5) is 13.1. The third-order valence-corrected chi connectivity index (χ3v) is 3.28. The first kappa shape index (κ1) is 11.8. The molecule has 1 heterocycles. The van der Waals surface area contributed by atoms with E-state index in [0.717, 1.165) is 0 Å². The second-order valence-corrected chi connectivity index (χ2v) is 4.99. The second-order valence-electron chi connectivity index (χ2n) is 3.56. The molecule has 86 valence electrons. The molecule has 1 amide bonds.